The zero-order chi connectivity index (χ0) is 14.8. The van der Waals surface area contributed by atoms with Gasteiger partial charge in [0.15, 0.2) is 0 Å². The highest BCUT2D eigenvalue weighted by molar-refractivity contribution is 6.31. The molecule has 3 rings (SSSR count). The van der Waals surface area contributed by atoms with Crippen LogP contribution in [0.1, 0.15) is 24.2 Å². The van der Waals surface area contributed by atoms with Gasteiger partial charge in [-0.15, -0.1) is 0 Å². The van der Waals surface area contributed by atoms with E-state index in [0.29, 0.717) is 5.02 Å². The molecule has 1 N–H and O–H groups in total. The summed E-state index contributed by atoms with van der Waals surface area (Å²) < 4.78 is 1.92. The van der Waals surface area contributed by atoms with Gasteiger partial charge in [-0.25, -0.2) is 0 Å². The fraction of sp³-hybridized carbons (Fsp3) is 0.250. The second-order valence-electron chi connectivity index (χ2n) is 4.84. The van der Waals surface area contributed by atoms with E-state index in [9.17, 15) is 0 Å². The molecule has 108 valence electrons. The van der Waals surface area contributed by atoms with Crippen molar-refractivity contribution in [2.24, 2.45) is 0 Å². The fourth-order valence-corrected chi connectivity index (χ4v) is 2.96. The Labute approximate surface area is 128 Å². The summed E-state index contributed by atoms with van der Waals surface area (Å²) in [6.07, 6.45) is 3.51. The lowest BCUT2D eigenvalue weighted by Gasteiger charge is -2.20. The van der Waals surface area contributed by atoms with Crippen LogP contribution in [0.4, 0.5) is 0 Å². The smallest absolute Gasteiger partial charge is 0.0837 e. The number of pyridine rings is 1. The SMILES string of the molecule is CCn1ncc(Cl)c1C(NC)c1cccc2cccnc12. The summed E-state index contributed by atoms with van der Waals surface area (Å²) in [6, 6.07) is 10.2. The van der Waals surface area contributed by atoms with Gasteiger partial charge in [0.25, 0.3) is 0 Å². The Morgan fingerprint density at radius 3 is 2.86 bits per heavy atom. The number of hydrogen-bond donors (Lipinski definition) is 1. The molecule has 2 aromatic heterocycles. The van der Waals surface area contributed by atoms with Crippen molar-refractivity contribution in [3.05, 3.63) is 59.0 Å². The molecule has 0 aliphatic carbocycles. The van der Waals surface area contributed by atoms with Crippen molar-refractivity contribution in [1.29, 1.82) is 0 Å². The number of nitrogens with one attached hydrogen (secondary N) is 1. The molecular formula is C16H17ClN4. The van der Waals surface area contributed by atoms with Gasteiger partial charge in [-0.3, -0.25) is 9.67 Å². The summed E-state index contributed by atoms with van der Waals surface area (Å²) in [5, 5.41) is 9.47. The first kappa shape index (κ1) is 14.0. The van der Waals surface area contributed by atoms with E-state index in [4.69, 9.17) is 11.6 Å². The molecule has 0 fully saturated rings. The van der Waals surface area contributed by atoms with Gasteiger partial charge in [0.2, 0.25) is 0 Å². The number of para-hydroxylation sites is 1. The van der Waals surface area contributed by atoms with Crippen LogP contribution in [0.15, 0.2) is 42.7 Å². The lowest BCUT2D eigenvalue weighted by Crippen LogP contribution is -2.22. The van der Waals surface area contributed by atoms with E-state index in [2.05, 4.69) is 40.5 Å². The maximum Gasteiger partial charge on any atom is 0.0837 e. The van der Waals surface area contributed by atoms with Gasteiger partial charge in [0.05, 0.1) is 28.5 Å². The van der Waals surface area contributed by atoms with Gasteiger partial charge in [0, 0.05) is 23.7 Å². The van der Waals surface area contributed by atoms with Gasteiger partial charge in [-0.05, 0) is 20.0 Å². The molecule has 0 spiro atoms. The number of rotatable bonds is 4. The van der Waals surface area contributed by atoms with Crippen LogP contribution in [0.5, 0.6) is 0 Å². The summed E-state index contributed by atoms with van der Waals surface area (Å²) in [7, 11) is 1.93. The fourth-order valence-electron chi connectivity index (χ4n) is 2.71. The van der Waals surface area contributed by atoms with E-state index < -0.39 is 0 Å². The van der Waals surface area contributed by atoms with Gasteiger partial charge in [0.1, 0.15) is 0 Å². The topological polar surface area (TPSA) is 42.7 Å². The standard InChI is InChI=1S/C16H17ClN4/c1-3-21-16(13(17)10-20-21)15(18-2)12-8-4-6-11-7-5-9-19-14(11)12/h4-10,15,18H,3H2,1-2H3. The quantitative estimate of drug-likeness (QED) is 0.803. The number of aryl methyl sites for hydroxylation is 1. The number of aromatic nitrogens is 3. The highest BCUT2D eigenvalue weighted by atomic mass is 35.5. The zero-order valence-electron chi connectivity index (χ0n) is 12.0. The third-order valence-corrected chi connectivity index (χ3v) is 3.96. The molecule has 1 aromatic carbocycles. The van der Waals surface area contributed by atoms with Crippen LogP contribution in [0, 0.1) is 0 Å². The third kappa shape index (κ3) is 2.41. The summed E-state index contributed by atoms with van der Waals surface area (Å²) in [5.74, 6) is 0. The monoisotopic (exact) mass is 300 g/mol. The maximum absolute atomic E-state index is 6.35. The predicted molar refractivity (Wildman–Crippen MR) is 85.6 cm³/mol. The highest BCUT2D eigenvalue weighted by Crippen LogP contribution is 2.31. The molecule has 0 saturated heterocycles. The van der Waals surface area contributed by atoms with Crippen LogP contribution >= 0.6 is 11.6 Å². The number of hydrogen-bond acceptors (Lipinski definition) is 3. The molecule has 4 nitrogen and oxygen atoms in total. The molecule has 0 aliphatic rings. The molecule has 5 heteroatoms. The molecule has 3 aromatic rings. The van der Waals surface area contributed by atoms with Crippen molar-refractivity contribution in [3.8, 4) is 0 Å². The minimum atomic E-state index is -0.0430. The first-order valence-electron chi connectivity index (χ1n) is 6.98. The van der Waals surface area contributed by atoms with Crippen molar-refractivity contribution < 1.29 is 0 Å². The van der Waals surface area contributed by atoms with Crippen LogP contribution in [0.25, 0.3) is 10.9 Å². The molecule has 0 amide bonds. The highest BCUT2D eigenvalue weighted by Gasteiger charge is 2.22. The third-order valence-electron chi connectivity index (χ3n) is 3.67. The molecule has 2 heterocycles. The minimum Gasteiger partial charge on any atom is -0.308 e. The van der Waals surface area contributed by atoms with Crippen LogP contribution in [-0.2, 0) is 6.54 Å². The molecule has 1 atom stereocenters. The second-order valence-corrected chi connectivity index (χ2v) is 5.24. The van der Waals surface area contributed by atoms with Crippen molar-refractivity contribution >= 4 is 22.5 Å². The largest absolute Gasteiger partial charge is 0.308 e. The summed E-state index contributed by atoms with van der Waals surface area (Å²) in [4.78, 5) is 4.53. The van der Waals surface area contributed by atoms with E-state index in [1.807, 2.05) is 30.1 Å². The average molecular weight is 301 g/mol. The van der Waals surface area contributed by atoms with Crippen molar-refractivity contribution in [1.82, 2.24) is 20.1 Å². The van der Waals surface area contributed by atoms with Crippen molar-refractivity contribution in [2.75, 3.05) is 7.05 Å². The zero-order valence-corrected chi connectivity index (χ0v) is 12.8. The normalized spacial score (nSPS) is 12.7. The van der Waals surface area contributed by atoms with Crippen LogP contribution in [0.2, 0.25) is 5.02 Å². The second kappa shape index (κ2) is 5.84. The Hall–Kier alpha value is -1.91. The maximum atomic E-state index is 6.35. The summed E-state index contributed by atoms with van der Waals surface area (Å²) in [6.45, 7) is 2.83. The summed E-state index contributed by atoms with van der Waals surface area (Å²) >= 11 is 6.35. The summed E-state index contributed by atoms with van der Waals surface area (Å²) in [5.41, 5.74) is 3.06. The predicted octanol–water partition coefficient (Wildman–Crippen LogP) is 3.41. The van der Waals surface area contributed by atoms with Gasteiger partial charge in [-0.1, -0.05) is 35.9 Å². The van der Waals surface area contributed by atoms with Gasteiger partial charge < -0.3 is 5.32 Å². The number of benzene rings is 1. The van der Waals surface area contributed by atoms with Crippen molar-refractivity contribution in [3.63, 3.8) is 0 Å². The first-order valence-corrected chi connectivity index (χ1v) is 7.36. The molecule has 0 aliphatic heterocycles. The molecule has 1 unspecified atom stereocenters. The van der Waals surface area contributed by atoms with E-state index >= 15 is 0 Å². The number of halogens is 1. The first-order chi connectivity index (χ1) is 10.3. The number of fused-ring (bicyclic) bond motifs is 1. The Morgan fingerprint density at radius 2 is 2.10 bits per heavy atom. The Balaban J connectivity index is 2.21. The van der Waals surface area contributed by atoms with E-state index in [0.717, 1.165) is 28.7 Å². The van der Waals surface area contributed by atoms with E-state index in [1.165, 1.54) is 0 Å². The van der Waals surface area contributed by atoms with E-state index in [1.54, 1.807) is 6.20 Å². The molecule has 0 bridgehead atoms. The van der Waals surface area contributed by atoms with Gasteiger partial charge >= 0.3 is 0 Å². The van der Waals surface area contributed by atoms with Crippen LogP contribution < -0.4 is 5.32 Å². The van der Waals surface area contributed by atoms with E-state index in [-0.39, 0.29) is 6.04 Å². The molecular weight excluding hydrogens is 284 g/mol. The molecule has 0 radical (unpaired) electrons. The van der Waals surface area contributed by atoms with Gasteiger partial charge in [-0.2, -0.15) is 5.10 Å². The average Bonchev–Trinajstić information content (AvgIpc) is 2.90. The van der Waals surface area contributed by atoms with Crippen LogP contribution in [-0.4, -0.2) is 21.8 Å². The minimum absolute atomic E-state index is 0.0430. The van der Waals surface area contributed by atoms with Crippen molar-refractivity contribution in [2.45, 2.75) is 19.5 Å². The molecule has 0 saturated carbocycles. The lowest BCUT2D eigenvalue weighted by atomic mass is 10.00. The lowest BCUT2D eigenvalue weighted by molar-refractivity contribution is 0.565. The Morgan fingerprint density at radius 1 is 1.29 bits per heavy atom. The Kier molecular flexibility index (Phi) is 3.90. The molecule has 21 heavy (non-hydrogen) atoms. The Bertz CT molecular complexity index is 761. The number of nitrogens with zero attached hydrogens (tertiary/aromatic N) is 3. The van der Waals surface area contributed by atoms with Crippen LogP contribution in [0.3, 0.4) is 0 Å².